The zero-order valence-electron chi connectivity index (χ0n) is 20.1. The molecule has 0 saturated carbocycles. The Bertz CT molecular complexity index is 1610. The molecule has 0 spiro atoms. The number of hydrogen-bond acceptors (Lipinski definition) is 5. The van der Waals surface area contributed by atoms with E-state index in [4.69, 9.17) is 14.5 Å². The van der Waals surface area contributed by atoms with Gasteiger partial charge in [0.1, 0.15) is 6.61 Å². The Hall–Kier alpha value is -4.71. The van der Waals surface area contributed by atoms with E-state index < -0.39 is 0 Å². The van der Waals surface area contributed by atoms with Crippen LogP contribution in [0, 0.1) is 6.92 Å². The molecular weight excluding hydrogens is 450 g/mol. The van der Waals surface area contributed by atoms with Crippen LogP contribution in [0.1, 0.15) is 16.7 Å². The summed E-state index contributed by atoms with van der Waals surface area (Å²) < 4.78 is 13.1. The van der Waals surface area contributed by atoms with Crippen LogP contribution in [0.25, 0.3) is 22.3 Å². The smallest absolute Gasteiger partial charge is 0.282 e. The molecule has 0 radical (unpaired) electrons. The average molecular weight is 476 g/mol. The Morgan fingerprint density at radius 3 is 2.50 bits per heavy atom. The molecule has 0 aliphatic carbocycles. The third-order valence-electron chi connectivity index (χ3n) is 5.79. The molecule has 5 aromatic rings. The maximum atomic E-state index is 13.4. The second-order valence-electron chi connectivity index (χ2n) is 8.34. The molecule has 36 heavy (non-hydrogen) atoms. The Balaban J connectivity index is 1.58. The Labute approximate surface area is 209 Å². The topological polar surface area (TPSA) is 65.7 Å². The van der Waals surface area contributed by atoms with Crippen molar-refractivity contribution in [2.45, 2.75) is 13.5 Å². The van der Waals surface area contributed by atoms with E-state index >= 15 is 0 Å². The van der Waals surface area contributed by atoms with Crippen LogP contribution in [0.2, 0.25) is 0 Å². The predicted octanol–water partition coefficient (Wildman–Crippen LogP) is 5.84. The molecule has 0 bridgehead atoms. The van der Waals surface area contributed by atoms with E-state index in [1.54, 1.807) is 19.4 Å². The molecule has 178 valence electrons. The van der Waals surface area contributed by atoms with E-state index in [1.807, 2.05) is 91.9 Å². The van der Waals surface area contributed by atoms with Gasteiger partial charge < -0.3 is 9.47 Å². The minimum absolute atomic E-state index is 0.249. The summed E-state index contributed by atoms with van der Waals surface area (Å²) in [5.74, 6) is 1.59. The number of aryl methyl sites for hydroxylation is 1. The lowest BCUT2D eigenvalue weighted by molar-refractivity contribution is 0.284. The van der Waals surface area contributed by atoms with Gasteiger partial charge in [0.2, 0.25) is 0 Å². The Morgan fingerprint density at radius 2 is 1.69 bits per heavy atom. The number of rotatable bonds is 7. The van der Waals surface area contributed by atoms with Crippen LogP contribution in [0.5, 0.6) is 11.5 Å². The minimum Gasteiger partial charge on any atom is -0.493 e. The predicted molar refractivity (Wildman–Crippen MR) is 143 cm³/mol. The molecule has 6 nitrogen and oxygen atoms in total. The number of ether oxygens (including phenoxy) is 2. The van der Waals surface area contributed by atoms with E-state index in [1.165, 1.54) is 4.68 Å². The molecule has 0 aliphatic heterocycles. The molecule has 0 amide bonds. The second kappa shape index (κ2) is 10.3. The zero-order valence-corrected chi connectivity index (χ0v) is 20.1. The van der Waals surface area contributed by atoms with Crippen molar-refractivity contribution in [2.24, 2.45) is 5.10 Å². The molecule has 0 aliphatic rings. The number of para-hydroxylation sites is 2. The highest BCUT2D eigenvalue weighted by molar-refractivity contribution is 5.86. The number of nitrogens with zero attached hydrogens (tertiary/aromatic N) is 3. The van der Waals surface area contributed by atoms with Crippen molar-refractivity contribution in [3.8, 4) is 22.9 Å². The maximum Gasteiger partial charge on any atom is 0.282 e. The first-order chi connectivity index (χ1) is 17.6. The molecule has 5 rings (SSSR count). The fourth-order valence-corrected chi connectivity index (χ4v) is 4.03. The first kappa shape index (κ1) is 23.1. The van der Waals surface area contributed by atoms with Crippen LogP contribution in [-0.4, -0.2) is 23.0 Å². The van der Waals surface area contributed by atoms with Crippen LogP contribution in [0.15, 0.2) is 107 Å². The summed E-state index contributed by atoms with van der Waals surface area (Å²) in [6, 6.07) is 30.5. The average Bonchev–Trinajstić information content (AvgIpc) is 2.92. The molecular formula is C30H25N3O3. The Kier molecular flexibility index (Phi) is 6.58. The molecule has 6 heteroatoms. The van der Waals surface area contributed by atoms with Gasteiger partial charge in [-0.25, -0.2) is 4.98 Å². The first-order valence-corrected chi connectivity index (χ1v) is 11.6. The third kappa shape index (κ3) is 4.74. The highest BCUT2D eigenvalue weighted by atomic mass is 16.5. The van der Waals surface area contributed by atoms with Crippen LogP contribution >= 0.6 is 0 Å². The fourth-order valence-electron chi connectivity index (χ4n) is 4.03. The maximum absolute atomic E-state index is 13.4. The van der Waals surface area contributed by atoms with Crippen molar-refractivity contribution in [3.05, 3.63) is 124 Å². The highest BCUT2D eigenvalue weighted by Gasteiger charge is 2.14. The lowest BCUT2D eigenvalue weighted by atomic mass is 10.1. The van der Waals surface area contributed by atoms with Gasteiger partial charge in [0.05, 0.1) is 24.2 Å². The molecule has 0 fully saturated rings. The van der Waals surface area contributed by atoms with Crippen molar-refractivity contribution in [1.29, 1.82) is 0 Å². The monoisotopic (exact) mass is 475 g/mol. The Morgan fingerprint density at radius 1 is 0.917 bits per heavy atom. The fraction of sp³-hybridized carbons (Fsp3) is 0.100. The van der Waals surface area contributed by atoms with Gasteiger partial charge in [-0.3, -0.25) is 4.79 Å². The van der Waals surface area contributed by atoms with Gasteiger partial charge in [-0.05, 0) is 36.8 Å². The summed E-state index contributed by atoms with van der Waals surface area (Å²) in [6.07, 6.45) is 1.61. The summed E-state index contributed by atoms with van der Waals surface area (Å²) in [5.41, 5.74) is 4.05. The lowest BCUT2D eigenvalue weighted by Crippen LogP contribution is -2.20. The zero-order chi connectivity index (χ0) is 24.9. The number of fused-ring (bicyclic) bond motifs is 1. The summed E-state index contributed by atoms with van der Waals surface area (Å²) in [4.78, 5) is 18.2. The molecule has 1 heterocycles. The van der Waals surface area contributed by atoms with Crippen molar-refractivity contribution >= 4 is 17.1 Å². The van der Waals surface area contributed by atoms with Crippen LogP contribution < -0.4 is 15.0 Å². The van der Waals surface area contributed by atoms with Crippen LogP contribution in [0.3, 0.4) is 0 Å². The van der Waals surface area contributed by atoms with Crippen molar-refractivity contribution < 1.29 is 9.47 Å². The number of methoxy groups -OCH3 is 1. The van der Waals surface area contributed by atoms with E-state index in [0.717, 1.165) is 16.7 Å². The lowest BCUT2D eigenvalue weighted by Gasteiger charge is -2.14. The van der Waals surface area contributed by atoms with Crippen molar-refractivity contribution in [1.82, 2.24) is 9.66 Å². The largest absolute Gasteiger partial charge is 0.493 e. The number of aromatic nitrogens is 2. The van der Waals surface area contributed by atoms with E-state index in [-0.39, 0.29) is 5.56 Å². The van der Waals surface area contributed by atoms with E-state index in [9.17, 15) is 4.79 Å². The standard InChI is InChI=1S/C30H25N3O3/c1-21-10-8-11-22(18-21)20-36-28-24(14-9-17-27(28)35-2)19-31-33-29(23-12-4-3-5-13-23)32-26-16-7-6-15-25(26)30(33)34/h3-19H,20H2,1-2H3. The first-order valence-electron chi connectivity index (χ1n) is 11.6. The number of hydrogen-bond donors (Lipinski definition) is 0. The van der Waals surface area contributed by atoms with E-state index in [2.05, 4.69) is 11.2 Å². The van der Waals surface area contributed by atoms with Gasteiger partial charge in [0.15, 0.2) is 17.3 Å². The quantitative estimate of drug-likeness (QED) is 0.277. The molecule has 4 aromatic carbocycles. The van der Waals surface area contributed by atoms with E-state index in [0.29, 0.717) is 40.4 Å². The number of benzene rings is 4. The van der Waals surface area contributed by atoms with Gasteiger partial charge in [0.25, 0.3) is 5.56 Å². The summed E-state index contributed by atoms with van der Waals surface area (Å²) in [6.45, 7) is 2.42. The molecule has 0 N–H and O–H groups in total. The molecule has 1 aromatic heterocycles. The van der Waals surface area contributed by atoms with Crippen LogP contribution in [-0.2, 0) is 6.61 Å². The van der Waals surface area contributed by atoms with Gasteiger partial charge in [-0.15, -0.1) is 0 Å². The third-order valence-corrected chi connectivity index (χ3v) is 5.79. The molecule has 0 saturated heterocycles. The summed E-state index contributed by atoms with van der Waals surface area (Å²) >= 11 is 0. The highest BCUT2D eigenvalue weighted by Crippen LogP contribution is 2.31. The molecule has 0 atom stereocenters. The normalized spacial score (nSPS) is 11.2. The van der Waals surface area contributed by atoms with Gasteiger partial charge in [-0.1, -0.05) is 78.4 Å². The van der Waals surface area contributed by atoms with Crippen LogP contribution in [0.4, 0.5) is 0 Å². The van der Waals surface area contributed by atoms with Crippen molar-refractivity contribution in [3.63, 3.8) is 0 Å². The second-order valence-corrected chi connectivity index (χ2v) is 8.34. The SMILES string of the molecule is COc1cccc(C=Nn2c(-c3ccccc3)nc3ccccc3c2=O)c1OCc1cccc(C)c1. The summed E-state index contributed by atoms with van der Waals surface area (Å²) in [7, 11) is 1.60. The van der Waals surface area contributed by atoms with Gasteiger partial charge >= 0.3 is 0 Å². The summed E-state index contributed by atoms with van der Waals surface area (Å²) in [5, 5.41) is 5.08. The van der Waals surface area contributed by atoms with Crippen molar-refractivity contribution in [2.75, 3.05) is 7.11 Å². The van der Waals surface area contributed by atoms with Gasteiger partial charge in [0, 0.05) is 11.1 Å². The van der Waals surface area contributed by atoms with Gasteiger partial charge in [-0.2, -0.15) is 9.78 Å². The minimum atomic E-state index is -0.249. The molecule has 0 unspecified atom stereocenters.